The SMILES string of the molecule is CCC(CC)NC(=O)[C@H]1O[C@@H](n2cnc3c(N)ncnc32)[C@H](O)[C@@H]1O. The van der Waals surface area contributed by atoms with Crippen molar-refractivity contribution in [1.82, 2.24) is 24.8 Å². The van der Waals surface area contributed by atoms with Gasteiger partial charge in [-0.3, -0.25) is 9.36 Å². The van der Waals surface area contributed by atoms with Gasteiger partial charge in [-0.05, 0) is 12.8 Å². The fraction of sp³-hybridized carbons (Fsp3) is 0.600. The first-order chi connectivity index (χ1) is 12.0. The predicted octanol–water partition coefficient (Wildman–Crippen LogP) is -0.667. The molecule has 5 N–H and O–H groups in total. The average molecular weight is 350 g/mol. The number of amides is 1. The number of nitrogens with one attached hydrogen (secondary N) is 1. The highest BCUT2D eigenvalue weighted by atomic mass is 16.6. The molecule has 2 aromatic rings. The minimum absolute atomic E-state index is 0.0129. The molecule has 4 atom stereocenters. The van der Waals surface area contributed by atoms with Gasteiger partial charge in [-0.1, -0.05) is 13.8 Å². The van der Waals surface area contributed by atoms with Gasteiger partial charge >= 0.3 is 0 Å². The molecule has 1 saturated heterocycles. The number of rotatable bonds is 5. The first-order valence-corrected chi connectivity index (χ1v) is 8.22. The van der Waals surface area contributed by atoms with Gasteiger partial charge in [-0.25, -0.2) is 15.0 Å². The van der Waals surface area contributed by atoms with E-state index in [1.54, 1.807) is 0 Å². The van der Waals surface area contributed by atoms with Crippen molar-refractivity contribution in [3.63, 3.8) is 0 Å². The smallest absolute Gasteiger partial charge is 0.252 e. The summed E-state index contributed by atoms with van der Waals surface area (Å²) in [6.45, 7) is 3.92. The van der Waals surface area contributed by atoms with Crippen molar-refractivity contribution in [1.29, 1.82) is 0 Å². The number of hydrogen-bond acceptors (Lipinski definition) is 8. The van der Waals surface area contributed by atoms with Gasteiger partial charge in [0, 0.05) is 6.04 Å². The molecule has 0 unspecified atom stereocenters. The second-order valence-electron chi connectivity index (χ2n) is 6.03. The number of carbonyl (C=O) groups is 1. The lowest BCUT2D eigenvalue weighted by Gasteiger charge is -2.19. The number of nitrogens with zero attached hydrogens (tertiary/aromatic N) is 4. The number of fused-ring (bicyclic) bond motifs is 1. The highest BCUT2D eigenvalue weighted by Crippen LogP contribution is 2.32. The Labute approximate surface area is 144 Å². The third kappa shape index (κ3) is 3.03. The Bertz CT molecular complexity index is 762. The number of ether oxygens (including phenoxy) is 1. The maximum absolute atomic E-state index is 12.4. The quantitative estimate of drug-likeness (QED) is 0.555. The molecule has 0 aliphatic carbocycles. The van der Waals surface area contributed by atoms with Gasteiger partial charge in [-0.2, -0.15) is 0 Å². The standard InChI is InChI=1S/C15H22N6O4/c1-3-7(4-2)20-14(24)11-9(22)10(23)15(25-11)21-6-19-8-12(16)17-5-18-13(8)21/h5-7,9-11,15,22-23H,3-4H2,1-2H3,(H,20,24)(H2,16,17,18)/t9-,10+,11-,15+/m0/s1. The summed E-state index contributed by atoms with van der Waals surface area (Å²) in [5.74, 6) is -0.263. The second-order valence-corrected chi connectivity index (χ2v) is 6.03. The number of carbonyl (C=O) groups excluding carboxylic acids is 1. The molecule has 10 nitrogen and oxygen atoms in total. The van der Waals surface area contributed by atoms with Crippen LogP contribution in [0.3, 0.4) is 0 Å². The fourth-order valence-corrected chi connectivity index (χ4v) is 2.94. The third-order valence-corrected chi connectivity index (χ3v) is 4.49. The molecule has 0 saturated carbocycles. The van der Waals surface area contributed by atoms with E-state index >= 15 is 0 Å². The van der Waals surface area contributed by atoms with Crippen LogP contribution in [0.25, 0.3) is 11.2 Å². The van der Waals surface area contributed by atoms with Crippen molar-refractivity contribution in [2.45, 2.75) is 57.3 Å². The minimum atomic E-state index is -1.36. The number of nitrogens with two attached hydrogens (primary N) is 1. The molecule has 2 aromatic heterocycles. The van der Waals surface area contributed by atoms with Crippen LogP contribution in [0.15, 0.2) is 12.7 Å². The van der Waals surface area contributed by atoms with Crippen molar-refractivity contribution >= 4 is 22.9 Å². The van der Waals surface area contributed by atoms with Crippen LogP contribution >= 0.6 is 0 Å². The first-order valence-electron chi connectivity index (χ1n) is 8.22. The Morgan fingerprint density at radius 3 is 2.72 bits per heavy atom. The summed E-state index contributed by atoms with van der Waals surface area (Å²) < 4.78 is 7.08. The van der Waals surface area contributed by atoms with Crippen LogP contribution in [0.4, 0.5) is 5.82 Å². The normalized spacial score (nSPS) is 26.4. The highest BCUT2D eigenvalue weighted by molar-refractivity contribution is 5.83. The molecule has 1 aliphatic rings. The molecule has 3 heterocycles. The summed E-state index contributed by atoms with van der Waals surface area (Å²) in [4.78, 5) is 24.4. The van der Waals surface area contributed by atoms with Crippen LogP contribution in [0.5, 0.6) is 0 Å². The van der Waals surface area contributed by atoms with Gasteiger partial charge in [0.15, 0.2) is 23.8 Å². The highest BCUT2D eigenvalue weighted by Gasteiger charge is 2.48. The lowest BCUT2D eigenvalue weighted by Crippen LogP contribution is -2.46. The van der Waals surface area contributed by atoms with E-state index in [2.05, 4.69) is 20.3 Å². The number of hydrogen-bond donors (Lipinski definition) is 4. The van der Waals surface area contributed by atoms with Gasteiger partial charge in [0.1, 0.15) is 24.1 Å². The molecule has 136 valence electrons. The van der Waals surface area contributed by atoms with Crippen molar-refractivity contribution < 1.29 is 19.7 Å². The molecule has 1 amide bonds. The van der Waals surface area contributed by atoms with Crippen LogP contribution in [0.2, 0.25) is 0 Å². The minimum Gasteiger partial charge on any atom is -0.387 e. The summed E-state index contributed by atoms with van der Waals surface area (Å²) in [5, 5.41) is 23.4. The van der Waals surface area contributed by atoms with E-state index in [-0.39, 0.29) is 11.9 Å². The molecule has 25 heavy (non-hydrogen) atoms. The van der Waals surface area contributed by atoms with E-state index in [0.717, 1.165) is 12.8 Å². The zero-order valence-electron chi connectivity index (χ0n) is 14.0. The number of imidazole rings is 1. The van der Waals surface area contributed by atoms with E-state index in [1.807, 2.05) is 13.8 Å². The molecule has 0 aromatic carbocycles. The van der Waals surface area contributed by atoms with Crippen molar-refractivity contribution in [3.8, 4) is 0 Å². The topological polar surface area (TPSA) is 148 Å². The summed E-state index contributed by atoms with van der Waals surface area (Å²) >= 11 is 0. The molecule has 1 aliphatic heterocycles. The zero-order chi connectivity index (χ0) is 18.1. The van der Waals surface area contributed by atoms with Crippen LogP contribution in [-0.2, 0) is 9.53 Å². The Morgan fingerprint density at radius 2 is 2.04 bits per heavy atom. The molecule has 0 spiro atoms. The molecular weight excluding hydrogens is 328 g/mol. The van der Waals surface area contributed by atoms with Crippen LogP contribution in [0.1, 0.15) is 32.9 Å². The summed E-state index contributed by atoms with van der Waals surface area (Å²) in [6, 6.07) is -0.0129. The number of nitrogen functional groups attached to an aromatic ring is 1. The van der Waals surface area contributed by atoms with Crippen LogP contribution in [0, 0.1) is 0 Å². The number of aliphatic hydroxyl groups excluding tert-OH is 2. The van der Waals surface area contributed by atoms with E-state index in [1.165, 1.54) is 17.2 Å². The number of aromatic nitrogens is 4. The van der Waals surface area contributed by atoms with E-state index in [0.29, 0.717) is 11.2 Å². The number of anilines is 1. The van der Waals surface area contributed by atoms with Gasteiger partial charge in [-0.15, -0.1) is 0 Å². The van der Waals surface area contributed by atoms with Crippen LogP contribution in [-0.4, -0.2) is 60.0 Å². The van der Waals surface area contributed by atoms with Gasteiger partial charge in [0.05, 0.1) is 6.33 Å². The van der Waals surface area contributed by atoms with E-state index < -0.39 is 30.4 Å². The summed E-state index contributed by atoms with van der Waals surface area (Å²) in [7, 11) is 0. The molecular formula is C15H22N6O4. The Hall–Kier alpha value is -2.30. The maximum atomic E-state index is 12.4. The Kier molecular flexibility index (Phi) is 4.84. The predicted molar refractivity (Wildman–Crippen MR) is 88.2 cm³/mol. The average Bonchev–Trinajstić information content (AvgIpc) is 3.16. The van der Waals surface area contributed by atoms with E-state index in [9.17, 15) is 15.0 Å². The van der Waals surface area contributed by atoms with Crippen molar-refractivity contribution in [3.05, 3.63) is 12.7 Å². The van der Waals surface area contributed by atoms with Crippen molar-refractivity contribution in [2.75, 3.05) is 5.73 Å². The molecule has 3 rings (SSSR count). The van der Waals surface area contributed by atoms with Gasteiger partial charge in [0.25, 0.3) is 5.91 Å². The van der Waals surface area contributed by atoms with E-state index in [4.69, 9.17) is 10.5 Å². The Balaban J connectivity index is 1.84. The first kappa shape index (κ1) is 17.5. The monoisotopic (exact) mass is 350 g/mol. The summed E-state index contributed by atoms with van der Waals surface area (Å²) in [6.07, 6.45) is -0.688. The van der Waals surface area contributed by atoms with Gasteiger partial charge in [0.2, 0.25) is 0 Å². The Morgan fingerprint density at radius 1 is 1.32 bits per heavy atom. The fourth-order valence-electron chi connectivity index (χ4n) is 2.94. The second kappa shape index (κ2) is 6.90. The lowest BCUT2D eigenvalue weighted by atomic mass is 10.1. The molecule has 10 heteroatoms. The summed E-state index contributed by atoms with van der Waals surface area (Å²) in [5.41, 5.74) is 6.46. The van der Waals surface area contributed by atoms with Crippen LogP contribution < -0.4 is 11.1 Å². The third-order valence-electron chi connectivity index (χ3n) is 4.49. The molecule has 1 fully saturated rings. The maximum Gasteiger partial charge on any atom is 0.252 e. The lowest BCUT2D eigenvalue weighted by molar-refractivity contribution is -0.138. The largest absolute Gasteiger partial charge is 0.387 e. The molecule has 0 bridgehead atoms. The van der Waals surface area contributed by atoms with Gasteiger partial charge < -0.3 is 26.0 Å². The zero-order valence-corrected chi connectivity index (χ0v) is 14.0. The number of aliphatic hydroxyl groups is 2. The van der Waals surface area contributed by atoms with Crippen molar-refractivity contribution in [2.24, 2.45) is 0 Å². The molecule has 0 radical (unpaired) electrons.